The summed E-state index contributed by atoms with van der Waals surface area (Å²) in [6.45, 7) is 0. The van der Waals surface area contributed by atoms with Gasteiger partial charge in [0.2, 0.25) is 4.96 Å². The molecule has 0 atom stereocenters. The molecule has 0 spiro atoms. The maximum absolute atomic E-state index is 12.3. The standard InChI is InChI=1S/C20H12ClN3O2S/c21-14-7-5-12(6-8-14)9-18-23-24-11-16(22-20(24)27-18)15-10-13-3-1-2-4-17(13)26-19(15)25/h1-8,10-11H,9H2. The summed E-state index contributed by atoms with van der Waals surface area (Å²) in [6, 6.07) is 16.9. The van der Waals surface area contributed by atoms with Gasteiger partial charge in [0.1, 0.15) is 10.6 Å². The van der Waals surface area contributed by atoms with Crippen molar-refractivity contribution in [3.63, 3.8) is 0 Å². The second kappa shape index (κ2) is 6.33. The van der Waals surface area contributed by atoms with Crippen LogP contribution in [0.3, 0.4) is 0 Å². The molecule has 5 aromatic rings. The van der Waals surface area contributed by atoms with E-state index in [1.807, 2.05) is 48.5 Å². The molecule has 0 amide bonds. The monoisotopic (exact) mass is 393 g/mol. The van der Waals surface area contributed by atoms with Gasteiger partial charge in [0, 0.05) is 16.8 Å². The molecule has 0 aliphatic carbocycles. The van der Waals surface area contributed by atoms with Crippen LogP contribution >= 0.6 is 22.9 Å². The average molecular weight is 394 g/mol. The molecule has 27 heavy (non-hydrogen) atoms. The summed E-state index contributed by atoms with van der Waals surface area (Å²) in [4.78, 5) is 17.6. The van der Waals surface area contributed by atoms with E-state index in [1.54, 1.807) is 16.8 Å². The van der Waals surface area contributed by atoms with E-state index in [-0.39, 0.29) is 0 Å². The van der Waals surface area contributed by atoms with Crippen molar-refractivity contribution >= 4 is 38.9 Å². The van der Waals surface area contributed by atoms with E-state index in [9.17, 15) is 4.79 Å². The van der Waals surface area contributed by atoms with Gasteiger partial charge in [0.15, 0.2) is 0 Å². The van der Waals surface area contributed by atoms with Gasteiger partial charge in [0.05, 0.1) is 17.5 Å². The lowest BCUT2D eigenvalue weighted by Gasteiger charge is -1.99. The van der Waals surface area contributed by atoms with Crippen LogP contribution in [0.1, 0.15) is 10.6 Å². The van der Waals surface area contributed by atoms with Gasteiger partial charge in [-0.25, -0.2) is 14.3 Å². The van der Waals surface area contributed by atoms with Gasteiger partial charge in [-0.05, 0) is 29.8 Å². The molecule has 0 bridgehead atoms. The van der Waals surface area contributed by atoms with E-state index in [1.165, 1.54) is 11.3 Å². The molecule has 5 rings (SSSR count). The summed E-state index contributed by atoms with van der Waals surface area (Å²) in [6.07, 6.45) is 2.47. The van der Waals surface area contributed by atoms with Crippen LogP contribution in [0.15, 0.2) is 70.0 Å². The number of imidazole rings is 1. The normalized spacial score (nSPS) is 11.4. The van der Waals surface area contributed by atoms with Crippen LogP contribution < -0.4 is 5.63 Å². The van der Waals surface area contributed by atoms with E-state index < -0.39 is 5.63 Å². The van der Waals surface area contributed by atoms with Crippen molar-refractivity contribution in [2.45, 2.75) is 6.42 Å². The zero-order valence-electron chi connectivity index (χ0n) is 13.9. The molecule has 0 unspecified atom stereocenters. The number of benzene rings is 2. The maximum Gasteiger partial charge on any atom is 0.345 e. The number of aromatic nitrogens is 3. The molecule has 0 saturated heterocycles. The second-order valence-corrected chi connectivity index (χ2v) is 7.61. The van der Waals surface area contributed by atoms with Gasteiger partial charge >= 0.3 is 5.63 Å². The molecule has 3 heterocycles. The SMILES string of the molecule is O=c1oc2ccccc2cc1-c1cn2nc(Cc3ccc(Cl)cc3)sc2n1. The van der Waals surface area contributed by atoms with Crippen LogP contribution in [0.5, 0.6) is 0 Å². The van der Waals surface area contributed by atoms with E-state index >= 15 is 0 Å². The number of hydrogen-bond donors (Lipinski definition) is 0. The van der Waals surface area contributed by atoms with Crippen molar-refractivity contribution in [3.05, 3.63) is 86.8 Å². The van der Waals surface area contributed by atoms with Crippen molar-refractivity contribution in [1.82, 2.24) is 14.6 Å². The summed E-state index contributed by atoms with van der Waals surface area (Å²) in [5.74, 6) is 0. The second-order valence-electron chi connectivity index (χ2n) is 6.14. The number of hydrogen-bond acceptors (Lipinski definition) is 5. The Kier molecular flexibility index (Phi) is 3.81. The summed E-state index contributed by atoms with van der Waals surface area (Å²) < 4.78 is 7.11. The number of fused-ring (bicyclic) bond motifs is 2. The van der Waals surface area contributed by atoms with Crippen molar-refractivity contribution in [2.24, 2.45) is 0 Å². The van der Waals surface area contributed by atoms with Crippen molar-refractivity contribution in [3.8, 4) is 11.3 Å². The minimum Gasteiger partial charge on any atom is -0.422 e. The minimum absolute atomic E-state index is 0.402. The summed E-state index contributed by atoms with van der Waals surface area (Å²) in [5, 5.41) is 7.09. The Balaban J connectivity index is 1.51. The predicted octanol–water partition coefficient (Wildman–Crippen LogP) is 4.81. The Morgan fingerprint density at radius 1 is 1.11 bits per heavy atom. The Labute approximate surface area is 162 Å². The molecule has 0 aliphatic rings. The third-order valence-electron chi connectivity index (χ3n) is 4.27. The molecular formula is C20H12ClN3O2S. The topological polar surface area (TPSA) is 60.4 Å². The molecule has 5 nitrogen and oxygen atoms in total. The molecule has 7 heteroatoms. The van der Waals surface area contributed by atoms with Gasteiger partial charge in [-0.1, -0.05) is 53.3 Å². The fourth-order valence-electron chi connectivity index (χ4n) is 2.96. The first-order valence-corrected chi connectivity index (χ1v) is 9.48. The fourth-order valence-corrected chi connectivity index (χ4v) is 4.00. The number of rotatable bonds is 3. The van der Waals surface area contributed by atoms with Crippen molar-refractivity contribution in [1.29, 1.82) is 0 Å². The first-order valence-electron chi connectivity index (χ1n) is 8.28. The highest BCUT2D eigenvalue weighted by molar-refractivity contribution is 7.16. The van der Waals surface area contributed by atoms with Crippen LogP contribution in [-0.4, -0.2) is 14.6 Å². The summed E-state index contributed by atoms with van der Waals surface area (Å²) in [5.41, 5.74) is 2.29. The van der Waals surface area contributed by atoms with Gasteiger partial charge in [-0.2, -0.15) is 5.10 Å². The predicted molar refractivity (Wildman–Crippen MR) is 107 cm³/mol. The minimum atomic E-state index is -0.402. The third kappa shape index (κ3) is 3.03. The van der Waals surface area contributed by atoms with E-state index in [2.05, 4.69) is 10.1 Å². The quantitative estimate of drug-likeness (QED) is 0.413. The largest absolute Gasteiger partial charge is 0.422 e. The van der Waals surface area contributed by atoms with Gasteiger partial charge in [0.25, 0.3) is 0 Å². The molecule has 132 valence electrons. The molecule has 0 N–H and O–H groups in total. The first kappa shape index (κ1) is 16.2. The lowest BCUT2D eigenvalue weighted by Crippen LogP contribution is -2.02. The van der Waals surface area contributed by atoms with Crippen LogP contribution in [-0.2, 0) is 6.42 Å². The van der Waals surface area contributed by atoms with E-state index in [0.29, 0.717) is 28.3 Å². The fraction of sp³-hybridized carbons (Fsp3) is 0.0500. The smallest absolute Gasteiger partial charge is 0.345 e. The summed E-state index contributed by atoms with van der Waals surface area (Å²) in [7, 11) is 0. The highest BCUT2D eigenvalue weighted by atomic mass is 35.5. The average Bonchev–Trinajstić information content (AvgIpc) is 3.21. The Hall–Kier alpha value is -2.96. The zero-order chi connectivity index (χ0) is 18.4. The van der Waals surface area contributed by atoms with Gasteiger partial charge in [-0.3, -0.25) is 0 Å². The molecule has 0 saturated carbocycles. The summed E-state index contributed by atoms with van der Waals surface area (Å²) >= 11 is 7.42. The van der Waals surface area contributed by atoms with Crippen LogP contribution in [0, 0.1) is 0 Å². The molecule has 3 aromatic heterocycles. The van der Waals surface area contributed by atoms with Crippen LogP contribution in [0.4, 0.5) is 0 Å². The third-order valence-corrected chi connectivity index (χ3v) is 5.45. The Bertz CT molecular complexity index is 1300. The molecule has 2 aromatic carbocycles. The number of para-hydroxylation sites is 1. The highest BCUT2D eigenvalue weighted by Gasteiger charge is 2.14. The maximum atomic E-state index is 12.3. The first-order chi connectivity index (χ1) is 13.2. The van der Waals surface area contributed by atoms with Crippen molar-refractivity contribution < 1.29 is 4.42 Å². The molecular weight excluding hydrogens is 382 g/mol. The number of nitrogens with zero attached hydrogens (tertiary/aromatic N) is 3. The molecule has 0 fully saturated rings. The zero-order valence-corrected chi connectivity index (χ0v) is 15.5. The lowest BCUT2D eigenvalue weighted by molar-refractivity contribution is 0.563. The highest BCUT2D eigenvalue weighted by Crippen LogP contribution is 2.24. The van der Waals surface area contributed by atoms with E-state index in [0.717, 1.165) is 20.9 Å². The lowest BCUT2D eigenvalue weighted by atomic mass is 10.1. The van der Waals surface area contributed by atoms with Crippen LogP contribution in [0.25, 0.3) is 27.2 Å². The Morgan fingerprint density at radius 2 is 1.93 bits per heavy atom. The molecule has 0 aliphatic heterocycles. The van der Waals surface area contributed by atoms with Crippen LogP contribution in [0.2, 0.25) is 5.02 Å². The van der Waals surface area contributed by atoms with Gasteiger partial charge in [-0.15, -0.1) is 0 Å². The van der Waals surface area contributed by atoms with E-state index in [4.69, 9.17) is 16.0 Å². The molecule has 0 radical (unpaired) electrons. The Morgan fingerprint density at radius 3 is 2.74 bits per heavy atom. The van der Waals surface area contributed by atoms with Crippen molar-refractivity contribution in [2.75, 3.05) is 0 Å². The van der Waals surface area contributed by atoms with Gasteiger partial charge < -0.3 is 4.42 Å². The number of halogens is 1.